The third-order valence-corrected chi connectivity index (χ3v) is 2.33. The first-order chi connectivity index (χ1) is 8.59. The minimum Gasteiger partial charge on any atom is -0.376 e. The Balaban J connectivity index is 2.17. The molecule has 0 saturated heterocycles. The first-order valence-electron chi connectivity index (χ1n) is 5.89. The summed E-state index contributed by atoms with van der Waals surface area (Å²) in [7, 11) is 0. The molecule has 0 aliphatic heterocycles. The molecule has 0 amide bonds. The minimum atomic E-state index is -2.40. The smallest absolute Gasteiger partial charge is 0.263 e. The average molecular weight is 255 g/mol. The van der Waals surface area contributed by atoms with Crippen molar-refractivity contribution in [3.8, 4) is 0 Å². The van der Waals surface area contributed by atoms with Gasteiger partial charge in [0.2, 0.25) is 0 Å². The number of hydrogen-bond donors (Lipinski definition) is 1. The monoisotopic (exact) mass is 255 g/mol. The molecule has 18 heavy (non-hydrogen) atoms. The van der Waals surface area contributed by atoms with Gasteiger partial charge in [0.1, 0.15) is 0 Å². The molecule has 100 valence electrons. The summed E-state index contributed by atoms with van der Waals surface area (Å²) in [4.78, 5) is 0. The van der Waals surface area contributed by atoms with Crippen LogP contribution in [0.15, 0.2) is 36.4 Å². The normalized spacial score (nSPS) is 10.9. The van der Waals surface area contributed by atoms with Crippen molar-refractivity contribution in [3.63, 3.8) is 0 Å². The van der Waals surface area contributed by atoms with E-state index >= 15 is 0 Å². The molecule has 0 heterocycles. The van der Waals surface area contributed by atoms with Crippen molar-refractivity contribution in [2.24, 2.45) is 0 Å². The highest BCUT2D eigenvalue weighted by Crippen LogP contribution is 2.18. The van der Waals surface area contributed by atoms with Gasteiger partial charge in [-0.25, -0.2) is 8.78 Å². The number of nitrogens with one attached hydrogen (secondary N) is 1. The summed E-state index contributed by atoms with van der Waals surface area (Å²) < 4.78 is 30.0. The lowest BCUT2D eigenvalue weighted by atomic mass is 10.1. The lowest BCUT2D eigenvalue weighted by molar-refractivity contribution is 0.151. The van der Waals surface area contributed by atoms with E-state index in [1.54, 1.807) is 12.1 Å². The first-order valence-corrected chi connectivity index (χ1v) is 5.89. The Labute approximate surface area is 107 Å². The van der Waals surface area contributed by atoms with Gasteiger partial charge in [-0.2, -0.15) is 0 Å². The van der Waals surface area contributed by atoms with Gasteiger partial charge in [0, 0.05) is 18.7 Å². The van der Waals surface area contributed by atoms with Crippen LogP contribution in [0.4, 0.5) is 8.78 Å². The summed E-state index contributed by atoms with van der Waals surface area (Å²) in [6.45, 7) is 8.22. The Morgan fingerprint density at radius 2 is 2.00 bits per heavy atom. The Morgan fingerprint density at radius 1 is 1.33 bits per heavy atom. The first kappa shape index (κ1) is 14.8. The molecule has 4 heteroatoms. The van der Waals surface area contributed by atoms with E-state index < -0.39 is 6.43 Å². The third-order valence-electron chi connectivity index (χ3n) is 2.33. The number of hydrogen-bond acceptors (Lipinski definition) is 2. The van der Waals surface area contributed by atoms with Crippen molar-refractivity contribution in [2.45, 2.75) is 19.9 Å². The Bertz CT molecular complexity index is 363. The fourth-order valence-corrected chi connectivity index (χ4v) is 1.40. The van der Waals surface area contributed by atoms with E-state index in [2.05, 4.69) is 11.9 Å². The van der Waals surface area contributed by atoms with Gasteiger partial charge in [-0.05, 0) is 12.5 Å². The van der Waals surface area contributed by atoms with Gasteiger partial charge >= 0.3 is 0 Å². The molecular formula is C14H19F2NO. The molecule has 1 rings (SSSR count). The second-order valence-corrected chi connectivity index (χ2v) is 4.23. The molecule has 0 aromatic heterocycles. The number of halogens is 2. The summed E-state index contributed by atoms with van der Waals surface area (Å²) in [5.41, 5.74) is 2.04. The molecule has 0 atom stereocenters. The van der Waals surface area contributed by atoms with Gasteiger partial charge in [0.15, 0.2) is 0 Å². The van der Waals surface area contributed by atoms with E-state index in [1.165, 1.54) is 12.1 Å². The SMILES string of the molecule is C=C(C)COCCNCc1ccc(C(F)F)cc1. The van der Waals surface area contributed by atoms with Crippen LogP contribution < -0.4 is 5.32 Å². The van der Waals surface area contributed by atoms with Crippen molar-refractivity contribution >= 4 is 0 Å². The molecule has 0 fully saturated rings. The zero-order chi connectivity index (χ0) is 13.4. The zero-order valence-electron chi connectivity index (χ0n) is 10.6. The summed E-state index contributed by atoms with van der Waals surface area (Å²) in [6.07, 6.45) is -2.40. The van der Waals surface area contributed by atoms with Crippen LogP contribution in [0.5, 0.6) is 0 Å². The van der Waals surface area contributed by atoms with Gasteiger partial charge in [-0.1, -0.05) is 36.4 Å². The van der Waals surface area contributed by atoms with Crippen molar-refractivity contribution in [3.05, 3.63) is 47.5 Å². The lowest BCUT2D eigenvalue weighted by Gasteiger charge is -2.07. The standard InChI is InChI=1S/C14H19F2NO/c1-11(2)10-18-8-7-17-9-12-3-5-13(6-4-12)14(15)16/h3-6,14,17H,1,7-10H2,2H3. The van der Waals surface area contributed by atoms with Crippen molar-refractivity contribution in [1.29, 1.82) is 0 Å². The number of ether oxygens (including phenoxy) is 1. The fourth-order valence-electron chi connectivity index (χ4n) is 1.40. The second-order valence-electron chi connectivity index (χ2n) is 4.23. The van der Waals surface area contributed by atoms with Gasteiger partial charge in [0.05, 0.1) is 13.2 Å². The van der Waals surface area contributed by atoms with E-state index in [-0.39, 0.29) is 5.56 Å². The van der Waals surface area contributed by atoms with Crippen LogP contribution >= 0.6 is 0 Å². The molecule has 0 radical (unpaired) electrons. The maximum atomic E-state index is 12.3. The molecule has 0 aliphatic carbocycles. The highest BCUT2D eigenvalue weighted by molar-refractivity contribution is 5.23. The molecule has 0 bridgehead atoms. The summed E-state index contributed by atoms with van der Waals surface area (Å²) in [5.74, 6) is 0. The topological polar surface area (TPSA) is 21.3 Å². The summed E-state index contributed by atoms with van der Waals surface area (Å²) in [5, 5.41) is 3.18. The van der Waals surface area contributed by atoms with Crippen LogP contribution in [-0.2, 0) is 11.3 Å². The van der Waals surface area contributed by atoms with Gasteiger partial charge in [-0.3, -0.25) is 0 Å². The van der Waals surface area contributed by atoms with Crippen LogP contribution in [0.1, 0.15) is 24.5 Å². The van der Waals surface area contributed by atoms with E-state index in [0.717, 1.165) is 17.7 Å². The van der Waals surface area contributed by atoms with Crippen LogP contribution in [-0.4, -0.2) is 19.8 Å². The zero-order valence-corrected chi connectivity index (χ0v) is 10.6. The predicted octanol–water partition coefficient (Wildman–Crippen LogP) is 3.31. The molecule has 1 aromatic rings. The van der Waals surface area contributed by atoms with E-state index in [4.69, 9.17) is 4.74 Å². The minimum absolute atomic E-state index is 0.0588. The number of benzene rings is 1. The summed E-state index contributed by atoms with van der Waals surface area (Å²) in [6, 6.07) is 6.34. The second kappa shape index (κ2) is 7.95. The molecule has 1 N–H and O–H groups in total. The maximum absolute atomic E-state index is 12.3. The molecule has 0 unspecified atom stereocenters. The quantitative estimate of drug-likeness (QED) is 0.568. The molecular weight excluding hydrogens is 236 g/mol. The molecule has 0 saturated carbocycles. The maximum Gasteiger partial charge on any atom is 0.263 e. The van der Waals surface area contributed by atoms with Crippen molar-refractivity contribution in [1.82, 2.24) is 5.32 Å². The van der Waals surface area contributed by atoms with E-state index in [9.17, 15) is 8.78 Å². The van der Waals surface area contributed by atoms with Crippen molar-refractivity contribution < 1.29 is 13.5 Å². The van der Waals surface area contributed by atoms with Crippen LogP contribution in [0.2, 0.25) is 0 Å². The highest BCUT2D eigenvalue weighted by atomic mass is 19.3. The highest BCUT2D eigenvalue weighted by Gasteiger charge is 2.05. The van der Waals surface area contributed by atoms with E-state index in [1.807, 2.05) is 6.92 Å². The van der Waals surface area contributed by atoms with Crippen LogP contribution in [0.25, 0.3) is 0 Å². The number of alkyl halides is 2. The predicted molar refractivity (Wildman–Crippen MR) is 68.7 cm³/mol. The Hall–Kier alpha value is -1.26. The number of rotatable bonds is 8. The summed E-state index contributed by atoms with van der Waals surface area (Å²) >= 11 is 0. The van der Waals surface area contributed by atoms with Gasteiger partial charge < -0.3 is 10.1 Å². The van der Waals surface area contributed by atoms with Gasteiger partial charge in [0.25, 0.3) is 6.43 Å². The van der Waals surface area contributed by atoms with Crippen LogP contribution in [0, 0.1) is 0 Å². The Morgan fingerprint density at radius 3 is 2.56 bits per heavy atom. The molecule has 0 spiro atoms. The molecule has 0 aliphatic rings. The largest absolute Gasteiger partial charge is 0.376 e. The van der Waals surface area contributed by atoms with Gasteiger partial charge in [-0.15, -0.1) is 0 Å². The third kappa shape index (κ3) is 5.89. The van der Waals surface area contributed by atoms with Crippen molar-refractivity contribution in [2.75, 3.05) is 19.8 Å². The Kier molecular flexibility index (Phi) is 6.54. The fraction of sp³-hybridized carbons (Fsp3) is 0.429. The average Bonchev–Trinajstić information content (AvgIpc) is 2.34. The van der Waals surface area contributed by atoms with E-state index in [0.29, 0.717) is 19.8 Å². The molecule has 1 aromatic carbocycles. The molecule has 2 nitrogen and oxygen atoms in total. The lowest BCUT2D eigenvalue weighted by Crippen LogP contribution is -2.19. The van der Waals surface area contributed by atoms with Crippen LogP contribution in [0.3, 0.4) is 0 Å².